The molecule has 1 amide bonds. The van der Waals surface area contributed by atoms with Gasteiger partial charge in [-0.15, -0.1) is 0 Å². The van der Waals surface area contributed by atoms with Crippen molar-refractivity contribution in [3.8, 4) is 22.9 Å². The molecule has 0 unspecified atom stereocenters. The zero-order valence-corrected chi connectivity index (χ0v) is 26.6. The van der Waals surface area contributed by atoms with Gasteiger partial charge >= 0.3 is 12.1 Å². The van der Waals surface area contributed by atoms with Gasteiger partial charge < -0.3 is 29.2 Å². The molecule has 1 saturated heterocycles. The molecule has 1 aliphatic heterocycles. The highest BCUT2D eigenvalue weighted by Crippen LogP contribution is 2.39. The van der Waals surface area contributed by atoms with E-state index in [1.54, 1.807) is 25.3 Å². The summed E-state index contributed by atoms with van der Waals surface area (Å²) in [6.45, 7) is 8.53. The Bertz CT molecular complexity index is 1470. The average molecular weight is 632 g/mol. The standard InChI is InChI=1S/C31H36Cl2N4O6/c1-30(2,3)43-29(39)36-31(4)14-16-37(17-15-31)26-25(28(38)41-6)34-24(21-8-7-9-22(32)23(21)33)27(35-26)42-18-19-10-12-20(40-5)13-11-19/h7-13H,14-18H2,1-6H3,(H,36,39). The van der Waals surface area contributed by atoms with Gasteiger partial charge in [0.2, 0.25) is 5.88 Å². The number of anilines is 1. The number of aromatic nitrogens is 2. The van der Waals surface area contributed by atoms with Gasteiger partial charge in [-0.3, -0.25) is 0 Å². The monoisotopic (exact) mass is 630 g/mol. The topological polar surface area (TPSA) is 112 Å². The van der Waals surface area contributed by atoms with Crippen LogP contribution < -0.4 is 19.7 Å². The van der Waals surface area contributed by atoms with Gasteiger partial charge in [-0.2, -0.15) is 4.98 Å². The molecule has 0 atom stereocenters. The van der Waals surface area contributed by atoms with Crippen LogP contribution in [0, 0.1) is 0 Å². The van der Waals surface area contributed by atoms with Gasteiger partial charge in [0.1, 0.15) is 23.7 Å². The Labute approximate surface area is 261 Å². The van der Waals surface area contributed by atoms with Crippen molar-refractivity contribution in [2.24, 2.45) is 0 Å². The van der Waals surface area contributed by atoms with Crippen molar-refractivity contribution >= 4 is 41.1 Å². The second-order valence-corrected chi connectivity index (χ2v) is 12.2. The highest BCUT2D eigenvalue weighted by Gasteiger charge is 2.36. The van der Waals surface area contributed by atoms with Gasteiger partial charge in [-0.1, -0.05) is 47.5 Å². The number of benzene rings is 2. The number of amides is 1. The summed E-state index contributed by atoms with van der Waals surface area (Å²) in [4.78, 5) is 37.0. The number of nitrogens with zero attached hydrogens (tertiary/aromatic N) is 3. The van der Waals surface area contributed by atoms with E-state index in [-0.39, 0.29) is 28.9 Å². The third-order valence-corrected chi connectivity index (χ3v) is 7.75. The van der Waals surface area contributed by atoms with E-state index in [2.05, 4.69) is 5.32 Å². The quantitative estimate of drug-likeness (QED) is 0.271. The summed E-state index contributed by atoms with van der Waals surface area (Å²) in [5, 5.41) is 3.56. The number of hydrogen-bond donors (Lipinski definition) is 1. The Morgan fingerprint density at radius 1 is 1.02 bits per heavy atom. The maximum Gasteiger partial charge on any atom is 0.408 e. The second kappa shape index (κ2) is 13.3. The van der Waals surface area contributed by atoms with Crippen LogP contribution in [0.3, 0.4) is 0 Å². The Hall–Kier alpha value is -3.76. The molecule has 3 aromatic rings. The van der Waals surface area contributed by atoms with Crippen LogP contribution in [0.2, 0.25) is 10.0 Å². The van der Waals surface area contributed by atoms with Crippen LogP contribution in [0.4, 0.5) is 10.6 Å². The third kappa shape index (κ3) is 8.00. The molecule has 1 aliphatic rings. The Morgan fingerprint density at radius 2 is 1.70 bits per heavy atom. The summed E-state index contributed by atoms with van der Waals surface area (Å²) in [5.74, 6) is 0.530. The SMILES string of the molecule is COC(=O)c1nc(-c2cccc(Cl)c2Cl)c(OCc2ccc(OC)cc2)nc1N1CCC(C)(NC(=O)OC(C)(C)C)CC1. The normalized spacial score (nSPS) is 14.6. The molecular weight excluding hydrogens is 595 g/mol. The maximum absolute atomic E-state index is 13.0. The molecule has 230 valence electrons. The molecule has 10 nitrogen and oxygen atoms in total. The van der Waals surface area contributed by atoms with Crippen molar-refractivity contribution in [3.05, 3.63) is 63.8 Å². The number of ether oxygens (including phenoxy) is 4. The first-order valence-electron chi connectivity index (χ1n) is 13.8. The maximum atomic E-state index is 13.0. The van der Waals surface area contributed by atoms with Crippen LogP contribution in [-0.2, 0) is 16.1 Å². The number of halogens is 2. The van der Waals surface area contributed by atoms with E-state index in [1.165, 1.54) is 7.11 Å². The van der Waals surface area contributed by atoms with E-state index in [4.69, 9.17) is 52.1 Å². The summed E-state index contributed by atoms with van der Waals surface area (Å²) in [7, 11) is 2.88. The number of esters is 1. The van der Waals surface area contributed by atoms with Crippen LogP contribution >= 0.6 is 23.2 Å². The number of hydrogen-bond acceptors (Lipinski definition) is 9. The van der Waals surface area contributed by atoms with Crippen LogP contribution in [0.1, 0.15) is 56.6 Å². The van der Waals surface area contributed by atoms with E-state index in [1.807, 2.05) is 56.9 Å². The summed E-state index contributed by atoms with van der Waals surface area (Å²) in [5.41, 5.74) is 0.455. The van der Waals surface area contributed by atoms with Crippen molar-refractivity contribution in [1.29, 1.82) is 0 Å². The molecule has 4 rings (SSSR count). The van der Waals surface area contributed by atoms with Gasteiger partial charge in [-0.25, -0.2) is 14.6 Å². The number of carbonyl (C=O) groups is 2. The smallest absolute Gasteiger partial charge is 0.408 e. The third-order valence-electron chi connectivity index (χ3n) is 6.93. The Kier molecular flexibility index (Phi) is 9.92. The van der Waals surface area contributed by atoms with Gasteiger partial charge in [0, 0.05) is 24.2 Å². The fourth-order valence-corrected chi connectivity index (χ4v) is 4.98. The largest absolute Gasteiger partial charge is 0.497 e. The molecule has 0 bridgehead atoms. The zero-order chi connectivity index (χ0) is 31.4. The van der Waals surface area contributed by atoms with Crippen LogP contribution in [-0.4, -0.2) is 60.5 Å². The molecular formula is C31H36Cl2N4O6. The van der Waals surface area contributed by atoms with E-state index < -0.39 is 23.2 Å². The first kappa shape index (κ1) is 32.2. The summed E-state index contributed by atoms with van der Waals surface area (Å²) >= 11 is 12.9. The summed E-state index contributed by atoms with van der Waals surface area (Å²) in [6.07, 6.45) is 0.659. The minimum absolute atomic E-state index is 0.00837. The van der Waals surface area contributed by atoms with Crippen molar-refractivity contribution in [2.75, 3.05) is 32.2 Å². The molecule has 43 heavy (non-hydrogen) atoms. The van der Waals surface area contributed by atoms with E-state index >= 15 is 0 Å². The Balaban J connectivity index is 1.69. The Morgan fingerprint density at radius 3 is 2.30 bits per heavy atom. The molecule has 2 aromatic carbocycles. The lowest BCUT2D eigenvalue weighted by molar-refractivity contribution is 0.0448. The van der Waals surface area contributed by atoms with E-state index in [0.29, 0.717) is 42.3 Å². The fraction of sp³-hybridized carbons (Fsp3) is 0.419. The molecule has 1 aromatic heterocycles. The average Bonchev–Trinajstić information content (AvgIpc) is 2.96. The van der Waals surface area contributed by atoms with Crippen molar-refractivity contribution in [2.45, 2.75) is 58.3 Å². The van der Waals surface area contributed by atoms with Gasteiger partial charge in [0.15, 0.2) is 11.5 Å². The molecule has 0 spiro atoms. The molecule has 12 heteroatoms. The summed E-state index contributed by atoms with van der Waals surface area (Å²) < 4.78 is 22.0. The summed E-state index contributed by atoms with van der Waals surface area (Å²) in [6, 6.07) is 12.5. The molecule has 1 fully saturated rings. The van der Waals surface area contributed by atoms with E-state index in [0.717, 1.165) is 11.3 Å². The van der Waals surface area contributed by atoms with Gasteiger partial charge in [0.25, 0.3) is 0 Å². The van der Waals surface area contributed by atoms with Gasteiger partial charge in [-0.05, 0) is 64.3 Å². The van der Waals surface area contributed by atoms with E-state index in [9.17, 15) is 9.59 Å². The van der Waals surface area contributed by atoms with Gasteiger partial charge in [0.05, 0.1) is 24.3 Å². The lowest BCUT2D eigenvalue weighted by Gasteiger charge is -2.40. The highest BCUT2D eigenvalue weighted by atomic mass is 35.5. The molecule has 1 N–H and O–H groups in total. The second-order valence-electron chi connectivity index (χ2n) is 11.5. The first-order valence-corrected chi connectivity index (χ1v) is 14.5. The predicted octanol–water partition coefficient (Wildman–Crippen LogP) is 6.71. The zero-order valence-electron chi connectivity index (χ0n) is 25.1. The minimum atomic E-state index is -0.663. The highest BCUT2D eigenvalue weighted by molar-refractivity contribution is 6.43. The van der Waals surface area contributed by atoms with Crippen LogP contribution in [0.15, 0.2) is 42.5 Å². The lowest BCUT2D eigenvalue weighted by Crippen LogP contribution is -2.54. The molecule has 2 heterocycles. The van der Waals surface area contributed by atoms with Crippen LogP contribution in [0.5, 0.6) is 11.6 Å². The first-order chi connectivity index (χ1) is 20.3. The molecule has 0 radical (unpaired) electrons. The van der Waals surface area contributed by atoms with Crippen molar-refractivity contribution in [1.82, 2.24) is 15.3 Å². The number of rotatable bonds is 8. The number of alkyl carbamates (subject to hydrolysis) is 1. The minimum Gasteiger partial charge on any atom is -0.497 e. The number of carbonyl (C=O) groups excluding carboxylic acids is 2. The molecule has 0 saturated carbocycles. The van der Waals surface area contributed by atoms with Crippen LogP contribution in [0.25, 0.3) is 11.3 Å². The van der Waals surface area contributed by atoms with Crippen molar-refractivity contribution < 1.29 is 28.5 Å². The number of nitrogens with one attached hydrogen (secondary N) is 1. The lowest BCUT2D eigenvalue weighted by atomic mass is 9.89. The number of piperidine rings is 1. The predicted molar refractivity (Wildman–Crippen MR) is 165 cm³/mol. The fourth-order valence-electron chi connectivity index (χ4n) is 4.59. The number of methoxy groups -OCH3 is 2. The van der Waals surface area contributed by atoms with Crippen molar-refractivity contribution in [3.63, 3.8) is 0 Å². The molecule has 0 aliphatic carbocycles.